The number of nitrogens with two attached hydrogens (primary N) is 1. The topological polar surface area (TPSA) is 76.2 Å². The van der Waals surface area contributed by atoms with Crippen molar-refractivity contribution in [2.24, 2.45) is 12.8 Å². The molecule has 0 aromatic carbocycles. The molecule has 18 heavy (non-hydrogen) atoms. The second kappa shape index (κ2) is 5.97. The maximum Gasteiger partial charge on any atom is 0.234 e. The number of piperidine rings is 1. The van der Waals surface area contributed by atoms with Crippen LogP contribution in [0.4, 0.5) is 0 Å². The van der Waals surface area contributed by atoms with E-state index >= 15 is 0 Å². The van der Waals surface area contributed by atoms with Crippen molar-refractivity contribution in [2.75, 3.05) is 19.6 Å². The molecule has 100 valence electrons. The Balaban J connectivity index is 1.69. The van der Waals surface area contributed by atoms with Crippen LogP contribution in [0.3, 0.4) is 0 Å². The van der Waals surface area contributed by atoms with Gasteiger partial charge in [-0.25, -0.2) is 0 Å². The highest BCUT2D eigenvalue weighted by atomic mass is 16.2. The molecule has 1 aromatic heterocycles. The van der Waals surface area contributed by atoms with Crippen LogP contribution in [-0.2, 0) is 18.4 Å². The first-order chi connectivity index (χ1) is 8.63. The number of hydrogen-bond acceptors (Lipinski definition) is 4. The van der Waals surface area contributed by atoms with Crippen LogP contribution in [0.5, 0.6) is 0 Å². The second-order valence-corrected chi connectivity index (χ2v) is 4.91. The van der Waals surface area contributed by atoms with Gasteiger partial charge >= 0.3 is 0 Å². The van der Waals surface area contributed by atoms with E-state index in [2.05, 4.69) is 15.3 Å². The monoisotopic (exact) mass is 251 g/mol. The zero-order chi connectivity index (χ0) is 13.0. The molecule has 3 N–H and O–H groups in total. The number of aromatic nitrogens is 2. The number of amides is 1. The van der Waals surface area contributed by atoms with Gasteiger partial charge in [-0.05, 0) is 12.8 Å². The van der Waals surface area contributed by atoms with Gasteiger partial charge in [0.05, 0.1) is 12.7 Å². The fraction of sp³-hybridized carbons (Fsp3) is 0.667. The van der Waals surface area contributed by atoms with Crippen molar-refractivity contribution in [3.63, 3.8) is 0 Å². The second-order valence-electron chi connectivity index (χ2n) is 4.91. The highest BCUT2D eigenvalue weighted by Crippen LogP contribution is 2.07. The van der Waals surface area contributed by atoms with Gasteiger partial charge in [-0.2, -0.15) is 5.10 Å². The fourth-order valence-corrected chi connectivity index (χ4v) is 2.13. The van der Waals surface area contributed by atoms with Crippen molar-refractivity contribution in [1.82, 2.24) is 20.0 Å². The third-order valence-corrected chi connectivity index (χ3v) is 3.25. The molecule has 1 saturated heterocycles. The molecule has 1 aliphatic rings. The van der Waals surface area contributed by atoms with Gasteiger partial charge < -0.3 is 11.1 Å². The third kappa shape index (κ3) is 3.82. The highest BCUT2D eigenvalue weighted by Gasteiger charge is 2.17. The number of rotatable bonds is 4. The molecule has 0 unspecified atom stereocenters. The summed E-state index contributed by atoms with van der Waals surface area (Å²) in [6.45, 7) is 2.84. The highest BCUT2D eigenvalue weighted by molar-refractivity contribution is 5.77. The van der Waals surface area contributed by atoms with E-state index in [1.54, 1.807) is 10.9 Å². The maximum atomic E-state index is 11.8. The Morgan fingerprint density at radius 2 is 2.28 bits per heavy atom. The van der Waals surface area contributed by atoms with E-state index in [0.29, 0.717) is 19.1 Å². The van der Waals surface area contributed by atoms with Crippen molar-refractivity contribution in [3.05, 3.63) is 18.0 Å². The van der Waals surface area contributed by atoms with Gasteiger partial charge in [-0.3, -0.25) is 14.4 Å². The summed E-state index contributed by atoms with van der Waals surface area (Å²) in [7, 11) is 1.86. The number of likely N-dealkylation sites (tertiary alicyclic amines) is 1. The number of carbonyl (C=O) groups is 1. The molecule has 0 spiro atoms. The van der Waals surface area contributed by atoms with Gasteiger partial charge in [-0.15, -0.1) is 0 Å². The molecule has 0 atom stereocenters. The molecular formula is C12H21N5O. The number of hydrogen-bond donors (Lipinski definition) is 2. The number of nitrogens with zero attached hydrogens (tertiary/aromatic N) is 3. The Morgan fingerprint density at radius 1 is 1.56 bits per heavy atom. The van der Waals surface area contributed by atoms with Crippen LogP contribution >= 0.6 is 0 Å². The minimum absolute atomic E-state index is 0.0642. The lowest BCUT2D eigenvalue weighted by Gasteiger charge is -2.29. The molecule has 1 fully saturated rings. The van der Waals surface area contributed by atoms with Gasteiger partial charge in [-0.1, -0.05) is 0 Å². The zero-order valence-electron chi connectivity index (χ0n) is 10.8. The quantitative estimate of drug-likeness (QED) is 0.753. The first-order valence-electron chi connectivity index (χ1n) is 6.35. The molecule has 0 saturated carbocycles. The fourth-order valence-electron chi connectivity index (χ4n) is 2.13. The predicted molar refractivity (Wildman–Crippen MR) is 68.7 cm³/mol. The SMILES string of the molecule is Cn1cc(CNC(=O)CN2CCC(N)CC2)cn1. The molecule has 2 rings (SSSR count). The third-order valence-electron chi connectivity index (χ3n) is 3.25. The zero-order valence-corrected chi connectivity index (χ0v) is 10.8. The van der Waals surface area contributed by atoms with E-state index in [1.807, 2.05) is 13.2 Å². The molecule has 6 nitrogen and oxygen atoms in total. The summed E-state index contributed by atoms with van der Waals surface area (Å²) in [5, 5.41) is 6.97. The Morgan fingerprint density at radius 3 is 2.89 bits per heavy atom. The van der Waals surface area contributed by atoms with E-state index in [1.165, 1.54) is 0 Å². The Labute approximate surface area is 107 Å². The van der Waals surface area contributed by atoms with E-state index in [9.17, 15) is 4.79 Å². The van der Waals surface area contributed by atoms with Crippen LogP contribution in [0, 0.1) is 0 Å². The van der Waals surface area contributed by atoms with Crippen LogP contribution < -0.4 is 11.1 Å². The van der Waals surface area contributed by atoms with Gasteiger partial charge in [0, 0.05) is 44.5 Å². The molecule has 1 aliphatic heterocycles. The predicted octanol–water partition coefficient (Wildman–Crippen LogP) is -0.541. The van der Waals surface area contributed by atoms with Crippen molar-refractivity contribution in [3.8, 4) is 0 Å². The van der Waals surface area contributed by atoms with Crippen LogP contribution in [0.2, 0.25) is 0 Å². The lowest BCUT2D eigenvalue weighted by molar-refractivity contribution is -0.122. The van der Waals surface area contributed by atoms with Gasteiger partial charge in [0.2, 0.25) is 5.91 Å². The normalized spacial score (nSPS) is 17.9. The van der Waals surface area contributed by atoms with Crippen LogP contribution in [0.1, 0.15) is 18.4 Å². The lowest BCUT2D eigenvalue weighted by Crippen LogP contribution is -2.44. The minimum atomic E-state index is 0.0642. The van der Waals surface area contributed by atoms with Crippen LogP contribution in [0.25, 0.3) is 0 Å². The largest absolute Gasteiger partial charge is 0.351 e. The molecular weight excluding hydrogens is 230 g/mol. The molecule has 0 bridgehead atoms. The Bertz CT molecular complexity index is 395. The van der Waals surface area contributed by atoms with Crippen LogP contribution in [-0.4, -0.2) is 46.3 Å². The number of carbonyl (C=O) groups excluding carboxylic acids is 1. The van der Waals surface area contributed by atoms with Gasteiger partial charge in [0.1, 0.15) is 0 Å². The number of nitrogens with one attached hydrogen (secondary N) is 1. The average molecular weight is 251 g/mol. The summed E-state index contributed by atoms with van der Waals surface area (Å²) in [6, 6.07) is 0.305. The average Bonchev–Trinajstić information content (AvgIpc) is 2.76. The lowest BCUT2D eigenvalue weighted by atomic mass is 10.1. The van der Waals surface area contributed by atoms with Gasteiger partial charge in [0.15, 0.2) is 0 Å². The smallest absolute Gasteiger partial charge is 0.234 e. The van der Waals surface area contributed by atoms with Crippen molar-refractivity contribution >= 4 is 5.91 Å². The first-order valence-corrected chi connectivity index (χ1v) is 6.35. The molecule has 1 amide bonds. The standard InChI is InChI=1S/C12H21N5O/c1-16-8-10(7-15-16)6-14-12(18)9-17-4-2-11(13)3-5-17/h7-8,11H,2-6,9,13H2,1H3,(H,14,18). The molecule has 2 heterocycles. The summed E-state index contributed by atoms with van der Waals surface area (Å²) in [5.74, 6) is 0.0642. The molecule has 1 aromatic rings. The van der Waals surface area contributed by atoms with Gasteiger partial charge in [0.25, 0.3) is 0 Å². The number of aryl methyl sites for hydroxylation is 1. The summed E-state index contributed by atoms with van der Waals surface area (Å²) in [5.41, 5.74) is 6.85. The summed E-state index contributed by atoms with van der Waals surface area (Å²) in [6.07, 6.45) is 5.63. The van der Waals surface area contributed by atoms with E-state index in [4.69, 9.17) is 5.73 Å². The Hall–Kier alpha value is -1.40. The maximum absolute atomic E-state index is 11.8. The van der Waals surface area contributed by atoms with Crippen molar-refractivity contribution in [1.29, 1.82) is 0 Å². The van der Waals surface area contributed by atoms with Crippen molar-refractivity contribution in [2.45, 2.75) is 25.4 Å². The minimum Gasteiger partial charge on any atom is -0.351 e. The Kier molecular flexibility index (Phi) is 4.33. The summed E-state index contributed by atoms with van der Waals surface area (Å²) in [4.78, 5) is 13.9. The molecule has 0 aliphatic carbocycles. The first kappa shape index (κ1) is 13.0. The van der Waals surface area contributed by atoms with Crippen molar-refractivity contribution < 1.29 is 4.79 Å². The molecule has 0 radical (unpaired) electrons. The molecule has 6 heteroatoms. The van der Waals surface area contributed by atoms with E-state index < -0.39 is 0 Å². The van der Waals surface area contributed by atoms with E-state index in [0.717, 1.165) is 31.5 Å². The van der Waals surface area contributed by atoms with E-state index in [-0.39, 0.29) is 5.91 Å². The van der Waals surface area contributed by atoms with Crippen LogP contribution in [0.15, 0.2) is 12.4 Å². The summed E-state index contributed by atoms with van der Waals surface area (Å²) < 4.78 is 1.73. The summed E-state index contributed by atoms with van der Waals surface area (Å²) >= 11 is 0.